The molecule has 3 nitrogen and oxygen atoms in total. The molecule has 29 heavy (non-hydrogen) atoms. The molecule has 0 bridgehead atoms. The Morgan fingerprint density at radius 2 is 2.10 bits per heavy atom. The Hall–Kier alpha value is -2.52. The summed E-state index contributed by atoms with van der Waals surface area (Å²) < 4.78 is 2.42. The van der Waals surface area contributed by atoms with Gasteiger partial charge in [-0.2, -0.15) is 0 Å². The van der Waals surface area contributed by atoms with Gasteiger partial charge in [0, 0.05) is 42.1 Å². The van der Waals surface area contributed by atoms with Gasteiger partial charge in [0.25, 0.3) is 0 Å². The van der Waals surface area contributed by atoms with Crippen LogP contribution in [0.15, 0.2) is 55.1 Å². The molecule has 2 unspecified atom stereocenters. The van der Waals surface area contributed by atoms with Crippen LogP contribution in [0.25, 0.3) is 10.9 Å². The fourth-order valence-electron chi connectivity index (χ4n) is 5.96. The third kappa shape index (κ3) is 2.83. The highest BCUT2D eigenvalue weighted by molar-refractivity contribution is 5.86. The van der Waals surface area contributed by atoms with Crippen LogP contribution in [-0.4, -0.2) is 34.2 Å². The maximum Gasteiger partial charge on any atom is 0.115 e. The number of fused-ring (bicyclic) bond motifs is 4. The summed E-state index contributed by atoms with van der Waals surface area (Å²) in [5.74, 6) is 0.916. The normalized spacial score (nSPS) is 24.3. The van der Waals surface area contributed by atoms with Gasteiger partial charge in [-0.05, 0) is 74.0 Å². The van der Waals surface area contributed by atoms with Crippen molar-refractivity contribution in [3.8, 4) is 5.75 Å². The lowest BCUT2D eigenvalue weighted by Gasteiger charge is -2.51. The molecule has 0 amide bonds. The van der Waals surface area contributed by atoms with Crippen molar-refractivity contribution in [3.05, 3.63) is 77.5 Å². The van der Waals surface area contributed by atoms with Gasteiger partial charge >= 0.3 is 0 Å². The first-order chi connectivity index (χ1) is 14.0. The minimum Gasteiger partial charge on any atom is -0.508 e. The summed E-state index contributed by atoms with van der Waals surface area (Å²) in [6, 6.07) is 14.9. The van der Waals surface area contributed by atoms with Crippen LogP contribution in [-0.2, 0) is 25.3 Å². The van der Waals surface area contributed by atoms with Crippen molar-refractivity contribution < 1.29 is 5.11 Å². The third-order valence-electron chi connectivity index (χ3n) is 7.47. The van der Waals surface area contributed by atoms with Crippen LogP contribution in [0, 0.1) is 12.8 Å². The number of likely N-dealkylation sites (tertiary alicyclic amines) is 1. The number of rotatable bonds is 3. The summed E-state index contributed by atoms with van der Waals surface area (Å²) >= 11 is 0. The summed E-state index contributed by atoms with van der Waals surface area (Å²) in [5, 5.41) is 11.7. The molecule has 2 atom stereocenters. The van der Waals surface area contributed by atoms with Crippen molar-refractivity contribution in [3.63, 3.8) is 0 Å². The van der Waals surface area contributed by atoms with E-state index in [9.17, 15) is 5.11 Å². The van der Waals surface area contributed by atoms with Gasteiger partial charge in [0.2, 0.25) is 0 Å². The van der Waals surface area contributed by atoms with Crippen LogP contribution < -0.4 is 0 Å². The predicted octanol–water partition coefficient (Wildman–Crippen LogP) is 4.74. The monoisotopic (exact) mass is 386 g/mol. The standard InChI is InChI=1S/C26H30N2O/c1-4-11-28-12-10-26(19-6-5-7-21(29)14-19)16-25-23(15-20(26)17-28)22-13-18(2)8-9-24(22)27(25)3/h4-9,13-14,20,29H,1,10-12,15-17H2,2-3H3. The minimum atomic E-state index is 0.0839. The highest BCUT2D eigenvalue weighted by atomic mass is 16.3. The molecular weight excluding hydrogens is 356 g/mol. The van der Waals surface area contributed by atoms with E-state index in [1.807, 2.05) is 18.2 Å². The molecule has 2 aliphatic rings. The van der Waals surface area contributed by atoms with Crippen molar-refractivity contribution in [2.24, 2.45) is 13.0 Å². The van der Waals surface area contributed by atoms with Crippen molar-refractivity contribution in [1.82, 2.24) is 9.47 Å². The van der Waals surface area contributed by atoms with Gasteiger partial charge in [0.15, 0.2) is 0 Å². The number of hydrogen-bond acceptors (Lipinski definition) is 2. The molecule has 0 radical (unpaired) electrons. The number of aromatic nitrogens is 1. The largest absolute Gasteiger partial charge is 0.508 e. The molecule has 1 aliphatic carbocycles. The van der Waals surface area contributed by atoms with Gasteiger partial charge in [-0.3, -0.25) is 4.90 Å². The number of aromatic hydroxyl groups is 1. The van der Waals surface area contributed by atoms with Crippen LogP contribution in [0.5, 0.6) is 5.75 Å². The van der Waals surface area contributed by atoms with Gasteiger partial charge in [-0.1, -0.05) is 29.8 Å². The van der Waals surface area contributed by atoms with Crippen LogP contribution in [0.2, 0.25) is 0 Å². The van der Waals surface area contributed by atoms with E-state index in [2.05, 4.69) is 54.3 Å². The zero-order valence-electron chi connectivity index (χ0n) is 17.5. The summed E-state index contributed by atoms with van der Waals surface area (Å²) in [6.07, 6.45) is 5.29. The summed E-state index contributed by atoms with van der Waals surface area (Å²) in [6.45, 7) is 9.26. The zero-order valence-corrected chi connectivity index (χ0v) is 17.5. The van der Waals surface area contributed by atoms with Crippen molar-refractivity contribution >= 4 is 10.9 Å². The van der Waals surface area contributed by atoms with Gasteiger partial charge in [-0.25, -0.2) is 0 Å². The molecule has 1 aliphatic heterocycles. The average Bonchev–Trinajstić information content (AvgIpc) is 2.97. The Morgan fingerprint density at radius 1 is 1.24 bits per heavy atom. The van der Waals surface area contributed by atoms with Crippen molar-refractivity contribution in [2.45, 2.75) is 31.6 Å². The lowest BCUT2D eigenvalue weighted by atomic mass is 9.58. The van der Waals surface area contributed by atoms with E-state index in [4.69, 9.17) is 0 Å². The Balaban J connectivity index is 1.68. The smallest absolute Gasteiger partial charge is 0.115 e. The highest BCUT2D eigenvalue weighted by Gasteiger charge is 2.48. The first kappa shape index (κ1) is 18.5. The number of nitrogens with zero attached hydrogens (tertiary/aromatic N) is 2. The molecule has 1 aromatic heterocycles. The summed E-state index contributed by atoms with van der Waals surface area (Å²) in [7, 11) is 2.22. The second-order valence-electron chi connectivity index (χ2n) is 9.09. The number of phenols is 1. The molecule has 0 saturated carbocycles. The zero-order chi connectivity index (χ0) is 20.2. The minimum absolute atomic E-state index is 0.0839. The molecule has 3 aromatic rings. The molecule has 150 valence electrons. The molecule has 1 N–H and O–H groups in total. The summed E-state index contributed by atoms with van der Waals surface area (Å²) in [4.78, 5) is 2.54. The Morgan fingerprint density at radius 3 is 2.90 bits per heavy atom. The number of piperidine rings is 1. The SMILES string of the molecule is C=CCN1CCC2(c3cccc(O)c3)Cc3c(c4cc(C)ccc4n3C)CC2C1. The van der Waals surface area contributed by atoms with E-state index in [-0.39, 0.29) is 5.41 Å². The fraction of sp³-hybridized carbons (Fsp3) is 0.385. The molecule has 1 fully saturated rings. The van der Waals surface area contributed by atoms with Crippen molar-refractivity contribution in [1.29, 1.82) is 0 Å². The molecule has 3 heteroatoms. The second-order valence-corrected chi connectivity index (χ2v) is 9.09. The average molecular weight is 387 g/mol. The van der Waals surface area contributed by atoms with E-state index in [0.717, 1.165) is 38.9 Å². The number of phenolic OH excluding ortho intramolecular Hbond substituents is 1. The topological polar surface area (TPSA) is 28.4 Å². The lowest BCUT2D eigenvalue weighted by molar-refractivity contribution is 0.0888. The number of aryl methyl sites for hydroxylation is 2. The maximum absolute atomic E-state index is 10.2. The molecule has 2 aromatic carbocycles. The first-order valence-electron chi connectivity index (χ1n) is 10.7. The Kier molecular flexibility index (Phi) is 4.32. The van der Waals surface area contributed by atoms with Gasteiger partial charge in [0.05, 0.1) is 0 Å². The maximum atomic E-state index is 10.2. The molecule has 0 spiro atoms. The second kappa shape index (κ2) is 6.77. The molecule has 2 heterocycles. The quantitative estimate of drug-likeness (QED) is 0.659. The molecular formula is C26H30N2O. The van der Waals surface area contributed by atoms with Crippen LogP contribution >= 0.6 is 0 Å². The Bertz CT molecular complexity index is 1100. The van der Waals surface area contributed by atoms with Gasteiger partial charge in [-0.15, -0.1) is 6.58 Å². The first-order valence-corrected chi connectivity index (χ1v) is 10.7. The fourth-order valence-corrected chi connectivity index (χ4v) is 5.96. The van der Waals surface area contributed by atoms with Crippen molar-refractivity contribution in [2.75, 3.05) is 19.6 Å². The number of benzene rings is 2. The van der Waals surface area contributed by atoms with Gasteiger partial charge in [0.1, 0.15) is 5.75 Å². The lowest BCUT2D eigenvalue weighted by Crippen LogP contribution is -2.53. The number of hydrogen-bond donors (Lipinski definition) is 1. The van der Waals surface area contributed by atoms with Crippen LogP contribution in [0.3, 0.4) is 0 Å². The van der Waals surface area contributed by atoms with Gasteiger partial charge < -0.3 is 9.67 Å². The van der Waals surface area contributed by atoms with E-state index in [1.54, 1.807) is 6.07 Å². The van der Waals surface area contributed by atoms with Crippen LogP contribution in [0.1, 0.15) is 28.8 Å². The van der Waals surface area contributed by atoms with E-state index in [0.29, 0.717) is 11.7 Å². The molecule has 1 saturated heterocycles. The predicted molar refractivity (Wildman–Crippen MR) is 120 cm³/mol. The van der Waals surface area contributed by atoms with Crippen LogP contribution in [0.4, 0.5) is 0 Å². The van der Waals surface area contributed by atoms with E-state index >= 15 is 0 Å². The third-order valence-corrected chi connectivity index (χ3v) is 7.47. The Labute approximate surface area is 173 Å². The molecule has 5 rings (SSSR count). The van der Waals surface area contributed by atoms with E-state index < -0.39 is 0 Å². The van der Waals surface area contributed by atoms with E-state index in [1.165, 1.54) is 33.3 Å². The highest BCUT2D eigenvalue weighted by Crippen LogP contribution is 2.50. The summed E-state index contributed by atoms with van der Waals surface area (Å²) in [5.41, 5.74) is 7.06.